The Bertz CT molecular complexity index is 524. The molecule has 102 valence electrons. The molecule has 0 saturated heterocycles. The number of aromatic nitrogens is 2. The minimum Gasteiger partial charge on any atom is -0.494 e. The number of nitrogens with zero attached hydrogens (tertiary/aromatic N) is 2. The molecule has 0 saturated carbocycles. The topological polar surface area (TPSA) is 65.1 Å². The minimum absolute atomic E-state index is 0.0844. The minimum atomic E-state index is -0.0844. The molecule has 5 heteroatoms. The summed E-state index contributed by atoms with van der Waals surface area (Å²) in [6, 6.07) is 7.87. The highest BCUT2D eigenvalue weighted by atomic mass is 16.5. The van der Waals surface area contributed by atoms with Gasteiger partial charge in [0, 0.05) is 18.8 Å². The zero-order valence-electron chi connectivity index (χ0n) is 11.3. The van der Waals surface area contributed by atoms with E-state index in [9.17, 15) is 0 Å². The van der Waals surface area contributed by atoms with Gasteiger partial charge in [0.1, 0.15) is 5.75 Å². The molecule has 1 heterocycles. The van der Waals surface area contributed by atoms with E-state index >= 15 is 0 Å². The van der Waals surface area contributed by atoms with Gasteiger partial charge in [-0.25, -0.2) is 5.43 Å². The van der Waals surface area contributed by atoms with Crippen LogP contribution in [0.3, 0.4) is 0 Å². The summed E-state index contributed by atoms with van der Waals surface area (Å²) in [5.41, 5.74) is 4.91. The van der Waals surface area contributed by atoms with Crippen LogP contribution in [0.1, 0.15) is 30.5 Å². The summed E-state index contributed by atoms with van der Waals surface area (Å²) in [5, 5.41) is 4.17. The highest BCUT2D eigenvalue weighted by Crippen LogP contribution is 2.24. The molecule has 1 aromatic heterocycles. The van der Waals surface area contributed by atoms with E-state index in [-0.39, 0.29) is 6.04 Å². The molecule has 3 N–H and O–H groups in total. The second-order valence-electron chi connectivity index (χ2n) is 4.47. The predicted octanol–water partition coefficient (Wildman–Crippen LogP) is 1.76. The molecule has 5 nitrogen and oxygen atoms in total. The van der Waals surface area contributed by atoms with Gasteiger partial charge in [0.15, 0.2) is 0 Å². The van der Waals surface area contributed by atoms with Gasteiger partial charge in [-0.3, -0.25) is 10.5 Å². The van der Waals surface area contributed by atoms with Gasteiger partial charge >= 0.3 is 0 Å². The lowest BCUT2D eigenvalue weighted by atomic mass is 10.0. The zero-order valence-corrected chi connectivity index (χ0v) is 11.3. The molecule has 2 rings (SSSR count). The number of nitrogens with one attached hydrogen (secondary N) is 1. The fourth-order valence-electron chi connectivity index (χ4n) is 1.98. The highest BCUT2D eigenvalue weighted by molar-refractivity contribution is 5.35. The van der Waals surface area contributed by atoms with Crippen molar-refractivity contribution in [3.8, 4) is 5.75 Å². The van der Waals surface area contributed by atoms with Crippen molar-refractivity contribution in [2.45, 2.75) is 19.4 Å². The van der Waals surface area contributed by atoms with Crippen LogP contribution in [0.5, 0.6) is 5.75 Å². The Labute approximate surface area is 113 Å². The van der Waals surface area contributed by atoms with Crippen molar-refractivity contribution in [1.29, 1.82) is 0 Å². The summed E-state index contributed by atoms with van der Waals surface area (Å²) >= 11 is 0. The number of nitrogens with two attached hydrogens (primary N) is 1. The molecule has 0 spiro atoms. The van der Waals surface area contributed by atoms with Crippen molar-refractivity contribution in [3.63, 3.8) is 0 Å². The molecular formula is C14H20N4O. The average molecular weight is 260 g/mol. The maximum atomic E-state index is 5.67. The van der Waals surface area contributed by atoms with Crippen LogP contribution in [0.15, 0.2) is 36.7 Å². The lowest BCUT2D eigenvalue weighted by Crippen LogP contribution is -2.28. The Hall–Kier alpha value is -1.85. The van der Waals surface area contributed by atoms with Gasteiger partial charge in [0.05, 0.1) is 18.8 Å². The number of rotatable bonds is 6. The first-order valence-corrected chi connectivity index (χ1v) is 6.42. The van der Waals surface area contributed by atoms with Crippen LogP contribution >= 0.6 is 0 Å². The van der Waals surface area contributed by atoms with Gasteiger partial charge in [-0.15, -0.1) is 0 Å². The average Bonchev–Trinajstić information content (AvgIpc) is 2.84. The van der Waals surface area contributed by atoms with Crippen molar-refractivity contribution >= 4 is 0 Å². The Morgan fingerprint density at radius 1 is 1.42 bits per heavy atom. The Kier molecular flexibility index (Phi) is 4.54. The molecule has 0 radical (unpaired) electrons. The smallest absolute Gasteiger partial charge is 0.119 e. The maximum absolute atomic E-state index is 5.67. The standard InChI is InChI=1S/C14H20N4O/c1-3-7-19-13-6-4-5-11(8-13)14(17-15)12-9-16-18(2)10-12/h4-6,8-10,14,17H,3,7,15H2,1-2H3. The molecule has 0 bridgehead atoms. The Morgan fingerprint density at radius 3 is 2.89 bits per heavy atom. The van der Waals surface area contributed by atoms with Crippen molar-refractivity contribution < 1.29 is 4.74 Å². The lowest BCUT2D eigenvalue weighted by molar-refractivity contribution is 0.317. The third kappa shape index (κ3) is 3.33. The van der Waals surface area contributed by atoms with Crippen LogP contribution in [-0.2, 0) is 7.05 Å². The van der Waals surface area contributed by atoms with E-state index in [2.05, 4.69) is 17.4 Å². The molecule has 0 aliphatic carbocycles. The molecule has 0 fully saturated rings. The molecule has 1 atom stereocenters. The maximum Gasteiger partial charge on any atom is 0.119 e. The number of ether oxygens (including phenoxy) is 1. The molecule has 0 aliphatic rings. The molecule has 0 aliphatic heterocycles. The van der Waals surface area contributed by atoms with Crippen molar-refractivity contribution in [2.75, 3.05) is 6.61 Å². The largest absolute Gasteiger partial charge is 0.494 e. The number of hydrogen-bond donors (Lipinski definition) is 2. The van der Waals surface area contributed by atoms with E-state index < -0.39 is 0 Å². The third-order valence-corrected chi connectivity index (χ3v) is 2.89. The van der Waals surface area contributed by atoms with Crippen LogP contribution in [0, 0.1) is 0 Å². The molecule has 1 unspecified atom stereocenters. The van der Waals surface area contributed by atoms with Gasteiger partial charge in [-0.1, -0.05) is 19.1 Å². The molecule has 1 aromatic carbocycles. The quantitative estimate of drug-likeness (QED) is 0.613. The first kappa shape index (κ1) is 13.6. The summed E-state index contributed by atoms with van der Waals surface area (Å²) in [6.07, 6.45) is 4.75. The van der Waals surface area contributed by atoms with E-state index in [0.717, 1.165) is 29.9 Å². The van der Waals surface area contributed by atoms with E-state index in [1.807, 2.05) is 43.7 Å². The molecule has 2 aromatic rings. The molecule has 0 amide bonds. The Morgan fingerprint density at radius 2 is 2.26 bits per heavy atom. The second kappa shape index (κ2) is 6.36. The molecule has 19 heavy (non-hydrogen) atoms. The normalized spacial score (nSPS) is 12.4. The zero-order chi connectivity index (χ0) is 13.7. The fraction of sp³-hybridized carbons (Fsp3) is 0.357. The predicted molar refractivity (Wildman–Crippen MR) is 74.6 cm³/mol. The Balaban J connectivity index is 2.23. The summed E-state index contributed by atoms with van der Waals surface area (Å²) in [4.78, 5) is 0. The summed E-state index contributed by atoms with van der Waals surface area (Å²) < 4.78 is 7.40. The van der Waals surface area contributed by atoms with Crippen LogP contribution in [-0.4, -0.2) is 16.4 Å². The van der Waals surface area contributed by atoms with E-state index in [1.54, 1.807) is 4.68 Å². The van der Waals surface area contributed by atoms with Crippen LogP contribution in [0.2, 0.25) is 0 Å². The highest BCUT2D eigenvalue weighted by Gasteiger charge is 2.14. The van der Waals surface area contributed by atoms with Gasteiger partial charge < -0.3 is 4.74 Å². The van der Waals surface area contributed by atoms with Gasteiger partial charge in [0.25, 0.3) is 0 Å². The lowest BCUT2D eigenvalue weighted by Gasteiger charge is -2.15. The summed E-state index contributed by atoms with van der Waals surface area (Å²) in [6.45, 7) is 2.81. The third-order valence-electron chi connectivity index (χ3n) is 2.89. The summed E-state index contributed by atoms with van der Waals surface area (Å²) in [7, 11) is 1.89. The molecular weight excluding hydrogens is 240 g/mol. The monoisotopic (exact) mass is 260 g/mol. The number of hydrogen-bond acceptors (Lipinski definition) is 4. The van der Waals surface area contributed by atoms with Gasteiger partial charge in [-0.2, -0.15) is 5.10 Å². The van der Waals surface area contributed by atoms with Crippen molar-refractivity contribution in [2.24, 2.45) is 12.9 Å². The first-order chi connectivity index (χ1) is 9.24. The van der Waals surface area contributed by atoms with Crippen LogP contribution in [0.4, 0.5) is 0 Å². The van der Waals surface area contributed by atoms with Gasteiger partial charge in [-0.05, 0) is 24.1 Å². The number of hydrazine groups is 1. The number of benzene rings is 1. The first-order valence-electron chi connectivity index (χ1n) is 6.42. The fourth-order valence-corrected chi connectivity index (χ4v) is 1.98. The van der Waals surface area contributed by atoms with Crippen molar-refractivity contribution in [3.05, 3.63) is 47.8 Å². The SMILES string of the molecule is CCCOc1cccc(C(NN)c2cnn(C)c2)c1. The second-order valence-corrected chi connectivity index (χ2v) is 4.47. The van der Waals surface area contributed by atoms with E-state index in [0.29, 0.717) is 0 Å². The van der Waals surface area contributed by atoms with Crippen LogP contribution < -0.4 is 16.0 Å². The van der Waals surface area contributed by atoms with Gasteiger partial charge in [0.2, 0.25) is 0 Å². The van der Waals surface area contributed by atoms with Crippen LogP contribution in [0.25, 0.3) is 0 Å². The van der Waals surface area contributed by atoms with E-state index in [1.165, 1.54) is 0 Å². The number of aryl methyl sites for hydroxylation is 1. The summed E-state index contributed by atoms with van der Waals surface area (Å²) in [5.74, 6) is 6.53. The van der Waals surface area contributed by atoms with E-state index in [4.69, 9.17) is 10.6 Å². The van der Waals surface area contributed by atoms with Crippen molar-refractivity contribution in [1.82, 2.24) is 15.2 Å².